The number of imidazole rings is 1. The van der Waals surface area contributed by atoms with E-state index < -0.39 is 0 Å². The third-order valence-corrected chi connectivity index (χ3v) is 4.44. The molecule has 0 saturated carbocycles. The number of aromatic nitrogens is 4. The molecular formula is C17H25N5O2. The van der Waals surface area contributed by atoms with Crippen molar-refractivity contribution in [2.24, 2.45) is 0 Å². The lowest BCUT2D eigenvalue weighted by Crippen LogP contribution is -2.39. The number of amides is 1. The van der Waals surface area contributed by atoms with Gasteiger partial charge in [0.05, 0.1) is 0 Å². The number of piperidine rings is 1. The average molecular weight is 331 g/mol. The first kappa shape index (κ1) is 16.7. The molecule has 1 fully saturated rings. The zero-order valence-corrected chi connectivity index (χ0v) is 14.6. The van der Waals surface area contributed by atoms with E-state index in [1.54, 1.807) is 0 Å². The highest BCUT2D eigenvalue weighted by atomic mass is 16.5. The number of nitrogens with one attached hydrogen (secondary N) is 1. The molecule has 1 aliphatic rings. The Kier molecular flexibility index (Phi) is 4.97. The fourth-order valence-corrected chi connectivity index (χ4v) is 3.04. The molecule has 3 rings (SSSR count). The standard InChI is InChI=1S/C17H25N5O2/c1-11(2)16-20-14(24-21-16)6-7-15(23)22-8-4-5-13(10-22)17-18-9-12(3)19-17/h9,11,13H,4-8,10H2,1-3H3,(H,18,19). The van der Waals surface area contributed by atoms with Crippen LogP contribution in [0.5, 0.6) is 0 Å². The zero-order valence-electron chi connectivity index (χ0n) is 14.6. The van der Waals surface area contributed by atoms with Gasteiger partial charge in [-0.15, -0.1) is 0 Å². The molecule has 0 bridgehead atoms. The molecule has 1 unspecified atom stereocenters. The molecule has 3 heterocycles. The smallest absolute Gasteiger partial charge is 0.227 e. The van der Waals surface area contributed by atoms with Gasteiger partial charge in [-0.1, -0.05) is 19.0 Å². The SMILES string of the molecule is Cc1cnc(C2CCCN(C(=O)CCc3nc(C(C)C)no3)C2)[nH]1. The van der Waals surface area contributed by atoms with Gasteiger partial charge in [-0.3, -0.25) is 4.79 Å². The van der Waals surface area contributed by atoms with Gasteiger partial charge in [0.25, 0.3) is 0 Å². The third-order valence-electron chi connectivity index (χ3n) is 4.44. The molecule has 1 N–H and O–H groups in total. The Morgan fingerprint density at radius 2 is 2.33 bits per heavy atom. The van der Waals surface area contributed by atoms with Crippen LogP contribution in [-0.4, -0.2) is 44.0 Å². The topological polar surface area (TPSA) is 87.9 Å². The van der Waals surface area contributed by atoms with Crippen molar-refractivity contribution < 1.29 is 9.32 Å². The van der Waals surface area contributed by atoms with Gasteiger partial charge in [0.2, 0.25) is 11.8 Å². The predicted molar refractivity (Wildman–Crippen MR) is 88.6 cm³/mol. The fraction of sp³-hybridized carbons (Fsp3) is 0.647. The van der Waals surface area contributed by atoms with Crippen LogP contribution in [0.3, 0.4) is 0 Å². The number of hydrogen-bond acceptors (Lipinski definition) is 5. The van der Waals surface area contributed by atoms with E-state index in [4.69, 9.17) is 4.52 Å². The van der Waals surface area contributed by atoms with E-state index >= 15 is 0 Å². The minimum Gasteiger partial charge on any atom is -0.346 e. The number of likely N-dealkylation sites (tertiary alicyclic amines) is 1. The van der Waals surface area contributed by atoms with Crippen molar-refractivity contribution in [3.8, 4) is 0 Å². The molecule has 130 valence electrons. The molecule has 1 aliphatic heterocycles. The highest BCUT2D eigenvalue weighted by Gasteiger charge is 2.26. The van der Waals surface area contributed by atoms with E-state index in [2.05, 4.69) is 20.1 Å². The molecule has 1 amide bonds. The first-order valence-electron chi connectivity index (χ1n) is 8.64. The summed E-state index contributed by atoms with van der Waals surface area (Å²) in [5, 5.41) is 3.94. The lowest BCUT2D eigenvalue weighted by atomic mass is 9.97. The van der Waals surface area contributed by atoms with Gasteiger partial charge < -0.3 is 14.4 Å². The van der Waals surface area contributed by atoms with Crippen molar-refractivity contribution in [1.29, 1.82) is 0 Å². The Bertz CT molecular complexity index is 691. The van der Waals surface area contributed by atoms with Crippen LogP contribution in [0.25, 0.3) is 0 Å². The Labute approximate surface area is 141 Å². The molecule has 2 aromatic rings. The molecule has 7 heteroatoms. The third kappa shape index (κ3) is 3.83. The fourth-order valence-electron chi connectivity index (χ4n) is 3.04. The second-order valence-electron chi connectivity index (χ2n) is 6.83. The number of nitrogens with zero attached hydrogens (tertiary/aromatic N) is 4. The quantitative estimate of drug-likeness (QED) is 0.909. The lowest BCUT2D eigenvalue weighted by Gasteiger charge is -2.31. The van der Waals surface area contributed by atoms with Crippen molar-refractivity contribution in [2.75, 3.05) is 13.1 Å². The highest BCUT2D eigenvalue weighted by molar-refractivity contribution is 5.76. The molecule has 1 saturated heterocycles. The molecule has 0 aromatic carbocycles. The van der Waals surface area contributed by atoms with Crippen molar-refractivity contribution in [2.45, 2.75) is 58.3 Å². The number of carbonyl (C=O) groups is 1. The minimum absolute atomic E-state index is 0.146. The summed E-state index contributed by atoms with van der Waals surface area (Å²) in [7, 11) is 0. The van der Waals surface area contributed by atoms with E-state index in [1.165, 1.54) is 0 Å². The van der Waals surface area contributed by atoms with Crippen LogP contribution in [-0.2, 0) is 11.2 Å². The summed E-state index contributed by atoms with van der Waals surface area (Å²) in [6.45, 7) is 7.58. The largest absolute Gasteiger partial charge is 0.346 e. The number of carbonyl (C=O) groups excluding carboxylic acids is 1. The van der Waals surface area contributed by atoms with Crippen molar-refractivity contribution in [3.05, 3.63) is 29.4 Å². The van der Waals surface area contributed by atoms with Crippen molar-refractivity contribution >= 4 is 5.91 Å². The van der Waals surface area contributed by atoms with Crippen LogP contribution >= 0.6 is 0 Å². The Morgan fingerprint density at radius 3 is 3.00 bits per heavy atom. The average Bonchev–Trinajstić information content (AvgIpc) is 3.22. The summed E-state index contributed by atoms with van der Waals surface area (Å²) in [5.74, 6) is 2.91. The van der Waals surface area contributed by atoms with Crippen LogP contribution in [0.2, 0.25) is 0 Å². The summed E-state index contributed by atoms with van der Waals surface area (Å²) in [4.78, 5) is 26.5. The monoisotopic (exact) mass is 331 g/mol. The first-order chi connectivity index (χ1) is 11.5. The molecule has 0 spiro atoms. The second-order valence-corrected chi connectivity index (χ2v) is 6.83. The second kappa shape index (κ2) is 7.15. The van der Waals surface area contributed by atoms with Crippen molar-refractivity contribution in [1.82, 2.24) is 25.0 Å². The van der Waals surface area contributed by atoms with Gasteiger partial charge in [-0.2, -0.15) is 4.98 Å². The lowest BCUT2D eigenvalue weighted by molar-refractivity contribution is -0.132. The van der Waals surface area contributed by atoms with Crippen LogP contribution in [0.1, 0.15) is 68.2 Å². The number of H-pyrrole nitrogens is 1. The molecule has 1 atom stereocenters. The number of aryl methyl sites for hydroxylation is 2. The molecule has 0 aliphatic carbocycles. The van der Waals surface area contributed by atoms with Gasteiger partial charge in [0.15, 0.2) is 5.82 Å². The summed E-state index contributed by atoms with van der Waals surface area (Å²) in [6.07, 6.45) is 4.83. The predicted octanol–water partition coefficient (Wildman–Crippen LogP) is 2.56. The Morgan fingerprint density at radius 1 is 1.50 bits per heavy atom. The van der Waals surface area contributed by atoms with Crippen LogP contribution in [0, 0.1) is 6.92 Å². The van der Waals surface area contributed by atoms with Crippen LogP contribution in [0.15, 0.2) is 10.7 Å². The molecule has 7 nitrogen and oxygen atoms in total. The van der Waals surface area contributed by atoms with E-state index in [9.17, 15) is 4.79 Å². The first-order valence-corrected chi connectivity index (χ1v) is 8.64. The van der Waals surface area contributed by atoms with E-state index in [-0.39, 0.29) is 11.8 Å². The molecular weight excluding hydrogens is 306 g/mol. The van der Waals surface area contributed by atoms with E-state index in [0.29, 0.717) is 30.5 Å². The maximum absolute atomic E-state index is 12.5. The van der Waals surface area contributed by atoms with Crippen LogP contribution < -0.4 is 0 Å². The Balaban J connectivity index is 1.54. The van der Waals surface area contributed by atoms with Crippen LogP contribution in [0.4, 0.5) is 0 Å². The van der Waals surface area contributed by atoms with E-state index in [0.717, 1.165) is 37.4 Å². The summed E-state index contributed by atoms with van der Waals surface area (Å²) in [5.41, 5.74) is 1.06. The molecule has 0 radical (unpaired) electrons. The van der Waals surface area contributed by atoms with Gasteiger partial charge >= 0.3 is 0 Å². The van der Waals surface area contributed by atoms with Gasteiger partial charge in [0, 0.05) is 49.7 Å². The van der Waals surface area contributed by atoms with E-state index in [1.807, 2.05) is 31.9 Å². The van der Waals surface area contributed by atoms with Gasteiger partial charge in [-0.25, -0.2) is 4.98 Å². The summed E-state index contributed by atoms with van der Waals surface area (Å²) < 4.78 is 5.21. The molecule has 24 heavy (non-hydrogen) atoms. The normalized spacial score (nSPS) is 18.3. The maximum Gasteiger partial charge on any atom is 0.227 e. The minimum atomic E-state index is 0.146. The Hall–Kier alpha value is -2.18. The number of hydrogen-bond donors (Lipinski definition) is 1. The van der Waals surface area contributed by atoms with Gasteiger partial charge in [-0.05, 0) is 19.8 Å². The van der Waals surface area contributed by atoms with Gasteiger partial charge in [0.1, 0.15) is 5.82 Å². The zero-order chi connectivity index (χ0) is 17.1. The highest BCUT2D eigenvalue weighted by Crippen LogP contribution is 2.25. The number of rotatable bonds is 5. The summed E-state index contributed by atoms with van der Waals surface area (Å²) >= 11 is 0. The maximum atomic E-state index is 12.5. The molecule has 2 aromatic heterocycles. The summed E-state index contributed by atoms with van der Waals surface area (Å²) in [6, 6.07) is 0. The van der Waals surface area contributed by atoms with Crippen molar-refractivity contribution in [3.63, 3.8) is 0 Å². The number of aromatic amines is 1.